The second-order valence-corrected chi connectivity index (χ2v) is 3.65. The van der Waals surface area contributed by atoms with Gasteiger partial charge in [0, 0.05) is 5.02 Å². The van der Waals surface area contributed by atoms with Crippen LogP contribution in [0.5, 0.6) is 0 Å². The van der Waals surface area contributed by atoms with Crippen molar-refractivity contribution < 1.29 is 8.91 Å². The van der Waals surface area contributed by atoms with Gasteiger partial charge in [-0.05, 0) is 18.2 Å². The first-order valence-corrected chi connectivity index (χ1v) is 4.71. The van der Waals surface area contributed by atoms with Gasteiger partial charge < -0.3 is 10.3 Å². The number of aromatic nitrogens is 1. The molecule has 2 N–H and O–H groups in total. The van der Waals surface area contributed by atoms with E-state index in [9.17, 15) is 4.39 Å². The summed E-state index contributed by atoms with van der Waals surface area (Å²) in [6, 6.07) is 4.03. The van der Waals surface area contributed by atoms with Gasteiger partial charge in [-0.25, -0.2) is 4.39 Å². The first kappa shape index (κ1) is 10.3. The van der Waals surface area contributed by atoms with Crippen LogP contribution in [-0.2, 0) is 0 Å². The number of hydrogen-bond donors (Lipinski definition) is 1. The highest BCUT2D eigenvalue weighted by molar-refractivity contribution is 6.35. The summed E-state index contributed by atoms with van der Waals surface area (Å²) in [5.41, 5.74) is 5.51. The van der Waals surface area contributed by atoms with Crippen LogP contribution in [0.4, 0.5) is 10.2 Å². The first-order valence-electron chi connectivity index (χ1n) is 3.95. The minimum absolute atomic E-state index is 0.0195. The van der Waals surface area contributed by atoms with Gasteiger partial charge in [0.05, 0.1) is 5.56 Å². The fourth-order valence-corrected chi connectivity index (χ4v) is 1.47. The van der Waals surface area contributed by atoms with Gasteiger partial charge in [0.15, 0.2) is 11.6 Å². The zero-order chi connectivity index (χ0) is 11.0. The molecule has 2 aromatic rings. The predicted molar refractivity (Wildman–Crippen MR) is 56.3 cm³/mol. The minimum atomic E-state index is -0.502. The van der Waals surface area contributed by atoms with Crippen LogP contribution in [0, 0.1) is 5.82 Å². The van der Waals surface area contributed by atoms with Crippen molar-refractivity contribution in [3.8, 4) is 11.3 Å². The molecule has 0 spiro atoms. The van der Waals surface area contributed by atoms with Crippen LogP contribution in [-0.4, -0.2) is 5.16 Å². The van der Waals surface area contributed by atoms with Gasteiger partial charge >= 0.3 is 0 Å². The lowest BCUT2D eigenvalue weighted by atomic mass is 10.1. The molecule has 3 nitrogen and oxygen atoms in total. The Balaban J connectivity index is 2.63. The number of nitrogens with zero attached hydrogens (tertiary/aromatic N) is 1. The molecule has 2 rings (SSSR count). The van der Waals surface area contributed by atoms with Gasteiger partial charge in [0.2, 0.25) is 0 Å². The van der Waals surface area contributed by atoms with E-state index in [1.807, 2.05) is 0 Å². The third kappa shape index (κ3) is 1.78. The van der Waals surface area contributed by atoms with Crippen LogP contribution in [0.25, 0.3) is 11.3 Å². The molecule has 0 radical (unpaired) electrons. The van der Waals surface area contributed by atoms with E-state index < -0.39 is 5.82 Å². The molecule has 0 aliphatic heterocycles. The second kappa shape index (κ2) is 3.72. The maximum Gasteiger partial charge on any atom is 0.190 e. The Kier molecular flexibility index (Phi) is 2.54. The van der Waals surface area contributed by atoms with Crippen molar-refractivity contribution in [3.63, 3.8) is 0 Å². The fraction of sp³-hybridized carbons (Fsp3) is 0. The Morgan fingerprint density at radius 1 is 1.33 bits per heavy atom. The zero-order valence-corrected chi connectivity index (χ0v) is 8.81. The number of benzene rings is 1. The number of rotatable bonds is 1. The normalized spacial score (nSPS) is 10.6. The van der Waals surface area contributed by atoms with Crippen molar-refractivity contribution in [2.75, 3.05) is 5.73 Å². The molecule has 0 bridgehead atoms. The molecule has 0 amide bonds. The highest BCUT2D eigenvalue weighted by Gasteiger charge is 2.17. The van der Waals surface area contributed by atoms with Gasteiger partial charge in [0.25, 0.3) is 0 Å². The molecule has 0 unspecified atom stereocenters. The number of nitrogen functional groups attached to an aromatic ring is 1. The van der Waals surface area contributed by atoms with E-state index in [0.717, 1.165) is 0 Å². The van der Waals surface area contributed by atoms with Crippen LogP contribution in [0.15, 0.2) is 22.7 Å². The summed E-state index contributed by atoms with van der Waals surface area (Å²) in [5, 5.41) is 3.88. The summed E-state index contributed by atoms with van der Waals surface area (Å²) in [5.74, 6) is -0.405. The SMILES string of the molecule is Nc1noc(-c2cc(Cl)ccc2F)c1Cl. The van der Waals surface area contributed by atoms with Crippen LogP contribution in [0.1, 0.15) is 0 Å². The highest BCUT2D eigenvalue weighted by atomic mass is 35.5. The third-order valence-electron chi connectivity index (χ3n) is 1.83. The molecule has 0 aliphatic carbocycles. The van der Waals surface area contributed by atoms with Crippen LogP contribution in [0.3, 0.4) is 0 Å². The Hall–Kier alpha value is -1.26. The molecule has 1 aromatic heterocycles. The van der Waals surface area contributed by atoms with Crippen molar-refractivity contribution in [1.82, 2.24) is 5.16 Å². The molecular weight excluding hydrogens is 242 g/mol. The molecule has 0 atom stereocenters. The van der Waals surface area contributed by atoms with Crippen LogP contribution >= 0.6 is 23.2 Å². The maximum atomic E-state index is 13.4. The third-order valence-corrected chi connectivity index (χ3v) is 2.43. The van der Waals surface area contributed by atoms with Crippen molar-refractivity contribution in [1.29, 1.82) is 0 Å². The number of halogens is 3. The Morgan fingerprint density at radius 3 is 2.67 bits per heavy atom. The molecule has 0 saturated heterocycles. The second-order valence-electron chi connectivity index (χ2n) is 2.84. The molecule has 0 aliphatic rings. The Labute approximate surface area is 94.6 Å². The quantitative estimate of drug-likeness (QED) is 0.840. The van der Waals surface area contributed by atoms with Crippen molar-refractivity contribution in [2.24, 2.45) is 0 Å². The summed E-state index contributed by atoms with van der Waals surface area (Å²) in [4.78, 5) is 0. The van der Waals surface area contributed by atoms with E-state index in [-0.39, 0.29) is 22.2 Å². The smallest absolute Gasteiger partial charge is 0.190 e. The summed E-state index contributed by atoms with van der Waals surface area (Å²) in [7, 11) is 0. The number of hydrogen-bond acceptors (Lipinski definition) is 3. The van der Waals surface area contributed by atoms with Crippen molar-refractivity contribution >= 4 is 29.0 Å². The summed E-state index contributed by atoms with van der Waals surface area (Å²) < 4.78 is 18.2. The monoisotopic (exact) mass is 246 g/mol. The lowest BCUT2D eigenvalue weighted by molar-refractivity contribution is 0.433. The number of nitrogens with two attached hydrogens (primary N) is 1. The standard InChI is InChI=1S/C9H5Cl2FN2O/c10-4-1-2-6(12)5(3-4)8-7(11)9(13)14-15-8/h1-3H,(H2,13,14). The highest BCUT2D eigenvalue weighted by Crippen LogP contribution is 2.34. The minimum Gasteiger partial charge on any atom is -0.380 e. The van der Waals surface area contributed by atoms with Crippen LogP contribution < -0.4 is 5.73 Å². The topological polar surface area (TPSA) is 52.0 Å². The van der Waals surface area contributed by atoms with E-state index in [4.69, 9.17) is 33.5 Å². The lowest BCUT2D eigenvalue weighted by Gasteiger charge is -1.99. The Bertz CT molecular complexity index is 513. The molecule has 78 valence electrons. The predicted octanol–water partition coefficient (Wildman–Crippen LogP) is 3.37. The van der Waals surface area contributed by atoms with Gasteiger partial charge in [-0.1, -0.05) is 28.4 Å². The van der Waals surface area contributed by atoms with Gasteiger partial charge in [-0.15, -0.1) is 0 Å². The van der Waals surface area contributed by atoms with E-state index >= 15 is 0 Å². The average molecular weight is 247 g/mol. The van der Waals surface area contributed by atoms with E-state index in [1.54, 1.807) is 0 Å². The molecule has 0 saturated carbocycles. The summed E-state index contributed by atoms with van der Waals surface area (Å²) >= 11 is 11.5. The van der Waals surface area contributed by atoms with Gasteiger partial charge in [-0.2, -0.15) is 0 Å². The molecule has 1 heterocycles. The Morgan fingerprint density at radius 2 is 2.07 bits per heavy atom. The van der Waals surface area contributed by atoms with Gasteiger partial charge in [-0.3, -0.25) is 0 Å². The fourth-order valence-electron chi connectivity index (χ4n) is 1.13. The molecule has 1 aromatic carbocycles. The lowest BCUT2D eigenvalue weighted by Crippen LogP contribution is -1.85. The van der Waals surface area contributed by atoms with Gasteiger partial charge in [0.1, 0.15) is 10.8 Å². The zero-order valence-electron chi connectivity index (χ0n) is 7.30. The molecule has 6 heteroatoms. The summed E-state index contributed by atoms with van der Waals surface area (Å²) in [6.07, 6.45) is 0. The first-order chi connectivity index (χ1) is 7.09. The van der Waals surface area contributed by atoms with Crippen molar-refractivity contribution in [3.05, 3.63) is 34.1 Å². The van der Waals surface area contributed by atoms with E-state index in [2.05, 4.69) is 5.16 Å². The van der Waals surface area contributed by atoms with Crippen molar-refractivity contribution in [2.45, 2.75) is 0 Å². The summed E-state index contributed by atoms with van der Waals surface area (Å²) in [6.45, 7) is 0. The van der Waals surface area contributed by atoms with E-state index in [1.165, 1.54) is 18.2 Å². The largest absolute Gasteiger partial charge is 0.380 e. The average Bonchev–Trinajstić information content (AvgIpc) is 2.52. The molecule has 15 heavy (non-hydrogen) atoms. The van der Waals surface area contributed by atoms with Crippen LogP contribution in [0.2, 0.25) is 10.0 Å². The molecule has 0 fully saturated rings. The van der Waals surface area contributed by atoms with E-state index in [0.29, 0.717) is 5.02 Å². The maximum absolute atomic E-state index is 13.4. The molecular formula is C9H5Cl2FN2O. The number of anilines is 1.